The lowest BCUT2D eigenvalue weighted by molar-refractivity contribution is -0.138. The molecule has 0 spiro atoms. The van der Waals surface area contributed by atoms with Crippen molar-refractivity contribution in [1.82, 2.24) is 10.2 Å². The topological polar surface area (TPSA) is 69.6 Å². The van der Waals surface area contributed by atoms with Crippen LogP contribution in [0, 0.1) is 6.92 Å². The molecule has 0 unspecified atom stereocenters. The van der Waals surface area contributed by atoms with Gasteiger partial charge in [-0.25, -0.2) is 4.79 Å². The number of aryl methyl sites for hydroxylation is 1. The summed E-state index contributed by atoms with van der Waals surface area (Å²) in [6.45, 7) is 8.69. The van der Waals surface area contributed by atoms with Gasteiger partial charge in [0.15, 0.2) is 0 Å². The van der Waals surface area contributed by atoms with Crippen LogP contribution in [0.25, 0.3) is 0 Å². The van der Waals surface area contributed by atoms with Crippen LogP contribution in [-0.4, -0.2) is 46.9 Å². The Kier molecular flexibility index (Phi) is 6.94. The number of thioether (sulfide) groups is 1. The second kappa shape index (κ2) is 8.24. The third kappa shape index (κ3) is 5.46. The van der Waals surface area contributed by atoms with Crippen LogP contribution >= 0.6 is 11.8 Å². The summed E-state index contributed by atoms with van der Waals surface area (Å²) in [4.78, 5) is 25.6. The van der Waals surface area contributed by atoms with Crippen LogP contribution in [0.1, 0.15) is 31.9 Å². The number of benzene rings is 1. The predicted molar refractivity (Wildman–Crippen MR) is 94.2 cm³/mol. The first-order chi connectivity index (χ1) is 10.7. The standard InChI is InChI=1S/C17H26N2O3S/c1-6-19(16(22)18-5)10-9-13-7-8-14(11-12(13)2)23-17(3,4)15(20)21/h7-8,11H,6,9-10H2,1-5H3,(H,18,22)(H,20,21). The second-order valence-electron chi connectivity index (χ2n) is 5.89. The molecule has 0 saturated heterocycles. The average molecular weight is 338 g/mol. The van der Waals surface area contributed by atoms with E-state index in [-0.39, 0.29) is 6.03 Å². The van der Waals surface area contributed by atoms with Crippen LogP contribution in [0.4, 0.5) is 4.79 Å². The van der Waals surface area contributed by atoms with E-state index in [4.69, 9.17) is 0 Å². The van der Waals surface area contributed by atoms with E-state index < -0.39 is 10.7 Å². The number of carbonyl (C=O) groups excluding carboxylic acids is 1. The first-order valence-electron chi connectivity index (χ1n) is 7.69. The molecular formula is C17H26N2O3S. The van der Waals surface area contributed by atoms with Gasteiger partial charge in [0.1, 0.15) is 4.75 Å². The Balaban J connectivity index is 2.77. The molecule has 1 rings (SSSR count). The fraction of sp³-hybridized carbons (Fsp3) is 0.529. The summed E-state index contributed by atoms with van der Waals surface area (Å²) in [6.07, 6.45) is 0.778. The molecule has 2 amide bonds. The molecule has 2 N–H and O–H groups in total. The minimum Gasteiger partial charge on any atom is -0.480 e. The third-order valence-electron chi connectivity index (χ3n) is 3.74. The van der Waals surface area contributed by atoms with Crippen molar-refractivity contribution in [3.05, 3.63) is 29.3 Å². The number of hydrogen-bond donors (Lipinski definition) is 2. The van der Waals surface area contributed by atoms with Crippen LogP contribution < -0.4 is 5.32 Å². The fourth-order valence-electron chi connectivity index (χ4n) is 2.17. The van der Waals surface area contributed by atoms with E-state index in [0.29, 0.717) is 13.1 Å². The molecule has 6 heteroatoms. The molecule has 0 fully saturated rings. The quantitative estimate of drug-likeness (QED) is 0.749. The number of carboxylic acid groups (broad SMARTS) is 1. The normalized spacial score (nSPS) is 11.2. The largest absolute Gasteiger partial charge is 0.480 e. The number of amides is 2. The van der Waals surface area contributed by atoms with Gasteiger partial charge < -0.3 is 15.3 Å². The van der Waals surface area contributed by atoms with Crippen molar-refractivity contribution in [3.63, 3.8) is 0 Å². The van der Waals surface area contributed by atoms with Crippen molar-refractivity contribution in [1.29, 1.82) is 0 Å². The Morgan fingerprint density at radius 3 is 2.48 bits per heavy atom. The summed E-state index contributed by atoms with van der Waals surface area (Å²) in [5.74, 6) is -0.826. The number of aliphatic carboxylic acids is 1. The number of carbonyl (C=O) groups is 2. The lowest BCUT2D eigenvalue weighted by Crippen LogP contribution is -2.39. The number of rotatable bonds is 7. The van der Waals surface area contributed by atoms with E-state index in [1.54, 1.807) is 25.8 Å². The minimum atomic E-state index is -0.855. The van der Waals surface area contributed by atoms with Gasteiger partial charge in [-0.3, -0.25) is 4.79 Å². The summed E-state index contributed by atoms with van der Waals surface area (Å²) in [5.41, 5.74) is 2.29. The van der Waals surface area contributed by atoms with Crippen LogP contribution in [0.3, 0.4) is 0 Å². The number of nitrogens with zero attached hydrogens (tertiary/aromatic N) is 1. The van der Waals surface area contributed by atoms with E-state index >= 15 is 0 Å². The van der Waals surface area contributed by atoms with Crippen molar-refractivity contribution in [2.45, 2.75) is 43.8 Å². The minimum absolute atomic E-state index is 0.0689. The molecule has 5 nitrogen and oxygen atoms in total. The van der Waals surface area contributed by atoms with Gasteiger partial charge in [-0.15, -0.1) is 11.8 Å². The number of nitrogens with one attached hydrogen (secondary N) is 1. The van der Waals surface area contributed by atoms with Crippen LogP contribution in [0.5, 0.6) is 0 Å². The molecule has 23 heavy (non-hydrogen) atoms. The zero-order valence-electron chi connectivity index (χ0n) is 14.5. The average Bonchev–Trinajstić information content (AvgIpc) is 2.48. The highest BCUT2D eigenvalue weighted by Gasteiger charge is 2.28. The Morgan fingerprint density at radius 2 is 2.00 bits per heavy atom. The summed E-state index contributed by atoms with van der Waals surface area (Å²) in [5, 5.41) is 11.9. The molecule has 0 radical (unpaired) electrons. The van der Waals surface area contributed by atoms with Crippen molar-refractivity contribution >= 4 is 23.8 Å². The van der Waals surface area contributed by atoms with Gasteiger partial charge in [0.25, 0.3) is 0 Å². The smallest absolute Gasteiger partial charge is 0.319 e. The van der Waals surface area contributed by atoms with Gasteiger partial charge in [-0.1, -0.05) is 6.07 Å². The molecule has 0 saturated carbocycles. The molecule has 0 aliphatic rings. The first kappa shape index (κ1) is 19.4. The van der Waals surface area contributed by atoms with E-state index in [2.05, 4.69) is 5.32 Å². The second-order valence-corrected chi connectivity index (χ2v) is 7.59. The molecule has 128 valence electrons. The van der Waals surface area contributed by atoms with Gasteiger partial charge in [-0.2, -0.15) is 0 Å². The van der Waals surface area contributed by atoms with Crippen LogP contribution in [0.2, 0.25) is 0 Å². The first-order valence-corrected chi connectivity index (χ1v) is 8.51. The molecular weight excluding hydrogens is 312 g/mol. The van der Waals surface area contributed by atoms with E-state index in [9.17, 15) is 14.7 Å². The molecule has 1 aromatic rings. The Labute approximate surface area is 142 Å². The van der Waals surface area contributed by atoms with Gasteiger partial charge >= 0.3 is 12.0 Å². The molecule has 0 aliphatic carbocycles. The fourth-order valence-corrected chi connectivity index (χ4v) is 3.22. The molecule has 0 atom stereocenters. The highest BCUT2D eigenvalue weighted by atomic mass is 32.2. The SMILES string of the molecule is CCN(CCc1ccc(SC(C)(C)C(=O)O)cc1C)C(=O)NC. The maximum Gasteiger partial charge on any atom is 0.319 e. The summed E-state index contributed by atoms with van der Waals surface area (Å²) in [6, 6.07) is 5.92. The van der Waals surface area contributed by atoms with Gasteiger partial charge in [0, 0.05) is 25.0 Å². The maximum absolute atomic E-state index is 11.7. The highest BCUT2D eigenvalue weighted by molar-refractivity contribution is 8.01. The zero-order valence-corrected chi connectivity index (χ0v) is 15.3. The van der Waals surface area contributed by atoms with Crippen molar-refractivity contribution in [2.24, 2.45) is 0 Å². The highest BCUT2D eigenvalue weighted by Crippen LogP contribution is 2.33. The third-order valence-corrected chi connectivity index (χ3v) is 4.91. The maximum atomic E-state index is 11.7. The van der Waals surface area contributed by atoms with Crippen molar-refractivity contribution < 1.29 is 14.7 Å². The monoisotopic (exact) mass is 338 g/mol. The van der Waals surface area contributed by atoms with Crippen molar-refractivity contribution in [2.75, 3.05) is 20.1 Å². The van der Waals surface area contributed by atoms with Gasteiger partial charge in [-0.05, 0) is 57.4 Å². The molecule has 1 aromatic carbocycles. The Hall–Kier alpha value is -1.69. The zero-order chi connectivity index (χ0) is 17.6. The molecule has 0 aromatic heterocycles. The Morgan fingerprint density at radius 1 is 1.35 bits per heavy atom. The van der Waals surface area contributed by atoms with Crippen LogP contribution in [0.15, 0.2) is 23.1 Å². The molecule has 0 bridgehead atoms. The molecule has 0 aliphatic heterocycles. The van der Waals surface area contributed by atoms with Crippen LogP contribution in [-0.2, 0) is 11.2 Å². The number of hydrogen-bond acceptors (Lipinski definition) is 3. The molecule has 0 heterocycles. The van der Waals surface area contributed by atoms with E-state index in [1.165, 1.54) is 17.3 Å². The lowest BCUT2D eigenvalue weighted by atomic mass is 10.1. The van der Waals surface area contributed by atoms with Gasteiger partial charge in [0.2, 0.25) is 0 Å². The van der Waals surface area contributed by atoms with E-state index in [0.717, 1.165) is 16.9 Å². The van der Waals surface area contributed by atoms with Gasteiger partial charge in [0.05, 0.1) is 0 Å². The Bertz CT molecular complexity index is 573. The summed E-state index contributed by atoms with van der Waals surface area (Å²) < 4.78 is -0.855. The number of likely N-dealkylation sites (N-methyl/N-ethyl adjacent to an activating group) is 1. The summed E-state index contributed by atoms with van der Waals surface area (Å²) >= 11 is 1.34. The van der Waals surface area contributed by atoms with E-state index in [1.807, 2.05) is 32.0 Å². The lowest BCUT2D eigenvalue weighted by Gasteiger charge is -2.21. The van der Waals surface area contributed by atoms with Crippen molar-refractivity contribution in [3.8, 4) is 0 Å². The summed E-state index contributed by atoms with van der Waals surface area (Å²) in [7, 11) is 1.63. The predicted octanol–water partition coefficient (Wildman–Crippen LogP) is 3.15. The number of carboxylic acids is 1. The number of urea groups is 1.